The highest BCUT2D eigenvalue weighted by atomic mass is 16.6. The second-order valence-electron chi connectivity index (χ2n) is 5.90. The average molecular weight is 310 g/mol. The topological polar surface area (TPSA) is 97.8 Å². The Bertz CT molecular complexity index is 551. The van der Waals surface area contributed by atoms with Gasteiger partial charge in [0.15, 0.2) is 0 Å². The molecule has 0 radical (unpaired) electrons. The number of amides is 1. The number of pyridine rings is 1. The van der Waals surface area contributed by atoms with Crippen LogP contribution in [0.4, 0.5) is 4.79 Å². The summed E-state index contributed by atoms with van der Waals surface area (Å²) in [6.45, 7) is 7.05. The number of rotatable bonds is 5. The van der Waals surface area contributed by atoms with Gasteiger partial charge in [-0.1, -0.05) is 0 Å². The number of carbonyl (C=O) groups excluding carboxylic acids is 1. The average Bonchev–Trinajstić information content (AvgIpc) is 2.35. The van der Waals surface area contributed by atoms with Crippen molar-refractivity contribution in [2.75, 3.05) is 7.11 Å². The summed E-state index contributed by atoms with van der Waals surface area (Å²) in [5.74, 6) is -0.751. The minimum absolute atomic E-state index is 0.0821. The molecule has 0 aliphatic heterocycles. The number of ether oxygens (including phenoxy) is 2. The molecular formula is C15H22N2O5. The number of hydrogen-bond donors (Lipinski definition) is 2. The Morgan fingerprint density at radius 1 is 1.36 bits per heavy atom. The number of aromatic nitrogens is 1. The molecule has 1 rings (SSSR count). The molecule has 7 nitrogen and oxygen atoms in total. The fourth-order valence-electron chi connectivity index (χ4n) is 1.80. The Morgan fingerprint density at radius 2 is 2.00 bits per heavy atom. The smallest absolute Gasteiger partial charge is 0.407 e. The largest absolute Gasteiger partial charge is 0.481 e. The fraction of sp³-hybridized carbons (Fsp3) is 0.533. The summed E-state index contributed by atoms with van der Waals surface area (Å²) in [6.07, 6.45) is -0.308. The second kappa shape index (κ2) is 7.11. The first-order chi connectivity index (χ1) is 10.1. The predicted molar refractivity (Wildman–Crippen MR) is 80.3 cm³/mol. The molecule has 1 unspecified atom stereocenters. The third kappa shape index (κ3) is 5.59. The van der Waals surface area contributed by atoms with Crippen molar-refractivity contribution in [3.63, 3.8) is 0 Å². The van der Waals surface area contributed by atoms with Crippen molar-refractivity contribution >= 4 is 12.1 Å². The first-order valence-corrected chi connectivity index (χ1v) is 6.89. The van der Waals surface area contributed by atoms with E-state index in [4.69, 9.17) is 9.47 Å². The lowest BCUT2D eigenvalue weighted by Crippen LogP contribution is -2.39. The zero-order valence-electron chi connectivity index (χ0n) is 13.5. The molecular weight excluding hydrogens is 288 g/mol. The molecule has 0 fully saturated rings. The van der Waals surface area contributed by atoms with Gasteiger partial charge in [-0.3, -0.25) is 0 Å². The first kappa shape index (κ1) is 17.7. The molecule has 2 N–H and O–H groups in total. The van der Waals surface area contributed by atoms with Crippen LogP contribution in [0, 0.1) is 0 Å². The number of carboxylic acids is 1. The predicted octanol–water partition coefficient (Wildman–Crippen LogP) is 2.24. The first-order valence-electron chi connectivity index (χ1n) is 6.89. The van der Waals surface area contributed by atoms with E-state index in [1.807, 2.05) is 0 Å². The van der Waals surface area contributed by atoms with Gasteiger partial charge in [0.05, 0.1) is 18.4 Å². The van der Waals surface area contributed by atoms with E-state index in [0.717, 1.165) is 0 Å². The highest BCUT2D eigenvalue weighted by Crippen LogP contribution is 2.15. The fourth-order valence-corrected chi connectivity index (χ4v) is 1.80. The van der Waals surface area contributed by atoms with Crippen LogP contribution in [0.25, 0.3) is 0 Å². The van der Waals surface area contributed by atoms with Crippen molar-refractivity contribution < 1.29 is 24.2 Å². The summed E-state index contributed by atoms with van der Waals surface area (Å²) >= 11 is 0. The van der Waals surface area contributed by atoms with Crippen molar-refractivity contribution in [1.82, 2.24) is 10.3 Å². The molecule has 22 heavy (non-hydrogen) atoms. The van der Waals surface area contributed by atoms with Crippen LogP contribution in [0.15, 0.2) is 12.1 Å². The number of carboxylic acid groups (broad SMARTS) is 1. The Kier molecular flexibility index (Phi) is 5.73. The maximum Gasteiger partial charge on any atom is 0.407 e. The van der Waals surface area contributed by atoms with E-state index >= 15 is 0 Å². The zero-order chi connectivity index (χ0) is 16.9. The number of methoxy groups -OCH3 is 1. The lowest BCUT2D eigenvalue weighted by Gasteiger charge is -2.22. The number of aromatic carboxylic acids is 1. The van der Waals surface area contributed by atoms with Gasteiger partial charge < -0.3 is 19.9 Å². The number of carbonyl (C=O) groups is 2. The molecule has 1 heterocycles. The summed E-state index contributed by atoms with van der Waals surface area (Å²) in [6, 6.07) is 2.58. The van der Waals surface area contributed by atoms with Crippen molar-refractivity contribution in [3.05, 3.63) is 23.4 Å². The maximum atomic E-state index is 11.7. The Labute approximate surface area is 129 Å². The van der Waals surface area contributed by atoms with Gasteiger partial charge in [0, 0.05) is 18.5 Å². The van der Waals surface area contributed by atoms with Crippen LogP contribution in [-0.2, 0) is 11.2 Å². The molecule has 0 spiro atoms. The summed E-state index contributed by atoms with van der Waals surface area (Å²) in [5, 5.41) is 11.8. The van der Waals surface area contributed by atoms with Gasteiger partial charge in [-0.15, -0.1) is 0 Å². The molecule has 7 heteroatoms. The van der Waals surface area contributed by atoms with Crippen LogP contribution >= 0.6 is 0 Å². The quantitative estimate of drug-likeness (QED) is 0.865. The zero-order valence-corrected chi connectivity index (χ0v) is 13.5. The minimum Gasteiger partial charge on any atom is -0.481 e. The second-order valence-corrected chi connectivity index (χ2v) is 5.90. The van der Waals surface area contributed by atoms with Gasteiger partial charge in [-0.2, -0.15) is 0 Å². The standard InChI is InChI=1S/C15H22N2O5/c1-9(16-14(20)22-15(2,3)4)8-11-10(13(18)19)6-7-12(17-11)21-5/h6-7,9H,8H2,1-5H3,(H,16,20)(H,18,19). The Balaban J connectivity index is 2.80. The summed E-state index contributed by atoms with van der Waals surface area (Å²) in [7, 11) is 1.45. The molecule has 0 aliphatic carbocycles. The van der Waals surface area contributed by atoms with E-state index in [9.17, 15) is 14.7 Å². The maximum absolute atomic E-state index is 11.7. The SMILES string of the molecule is COc1ccc(C(=O)O)c(CC(C)NC(=O)OC(C)(C)C)n1. The molecule has 1 amide bonds. The van der Waals surface area contributed by atoms with Crippen LogP contribution in [0.2, 0.25) is 0 Å². The molecule has 0 bridgehead atoms. The van der Waals surface area contributed by atoms with Crippen LogP contribution in [0.5, 0.6) is 5.88 Å². The molecule has 0 saturated carbocycles. The number of nitrogens with one attached hydrogen (secondary N) is 1. The van der Waals surface area contributed by atoms with Gasteiger partial charge in [-0.25, -0.2) is 14.6 Å². The monoisotopic (exact) mass is 310 g/mol. The lowest BCUT2D eigenvalue weighted by molar-refractivity contribution is 0.0508. The molecule has 1 atom stereocenters. The third-order valence-electron chi connectivity index (χ3n) is 2.65. The van der Waals surface area contributed by atoms with E-state index < -0.39 is 17.7 Å². The number of alkyl carbamates (subject to hydrolysis) is 1. The van der Waals surface area contributed by atoms with Crippen molar-refractivity contribution in [3.8, 4) is 5.88 Å². The van der Waals surface area contributed by atoms with E-state index in [0.29, 0.717) is 11.6 Å². The molecule has 0 saturated heterocycles. The van der Waals surface area contributed by atoms with E-state index in [1.165, 1.54) is 19.2 Å². The molecule has 1 aromatic rings. The van der Waals surface area contributed by atoms with Gasteiger partial charge in [0.2, 0.25) is 5.88 Å². The summed E-state index contributed by atoms with van der Waals surface area (Å²) in [4.78, 5) is 27.1. The van der Waals surface area contributed by atoms with Gasteiger partial charge in [0.1, 0.15) is 5.60 Å². The van der Waals surface area contributed by atoms with Crippen LogP contribution in [0.1, 0.15) is 43.7 Å². The van der Waals surface area contributed by atoms with E-state index in [-0.39, 0.29) is 18.0 Å². The van der Waals surface area contributed by atoms with Crippen molar-refractivity contribution in [2.45, 2.75) is 45.8 Å². The van der Waals surface area contributed by atoms with E-state index in [1.54, 1.807) is 27.7 Å². The molecule has 0 aromatic carbocycles. The molecule has 1 aromatic heterocycles. The summed E-state index contributed by atoms with van der Waals surface area (Å²) in [5.41, 5.74) is -0.168. The Morgan fingerprint density at radius 3 is 2.50 bits per heavy atom. The van der Waals surface area contributed by atoms with Gasteiger partial charge >= 0.3 is 12.1 Å². The van der Waals surface area contributed by atoms with Crippen LogP contribution in [-0.4, -0.2) is 40.9 Å². The van der Waals surface area contributed by atoms with E-state index in [2.05, 4.69) is 10.3 Å². The molecule has 0 aliphatic rings. The van der Waals surface area contributed by atoms with Gasteiger partial charge in [-0.05, 0) is 33.8 Å². The summed E-state index contributed by atoms with van der Waals surface area (Å²) < 4.78 is 10.2. The highest BCUT2D eigenvalue weighted by molar-refractivity contribution is 5.89. The number of nitrogens with zero attached hydrogens (tertiary/aromatic N) is 1. The Hall–Kier alpha value is -2.31. The molecule has 122 valence electrons. The minimum atomic E-state index is -1.07. The third-order valence-corrected chi connectivity index (χ3v) is 2.65. The van der Waals surface area contributed by atoms with Gasteiger partial charge in [0.25, 0.3) is 0 Å². The highest BCUT2D eigenvalue weighted by Gasteiger charge is 2.20. The van der Waals surface area contributed by atoms with Crippen LogP contribution in [0.3, 0.4) is 0 Å². The lowest BCUT2D eigenvalue weighted by atomic mass is 10.1. The van der Waals surface area contributed by atoms with Crippen molar-refractivity contribution in [2.24, 2.45) is 0 Å². The van der Waals surface area contributed by atoms with Crippen molar-refractivity contribution in [1.29, 1.82) is 0 Å². The van der Waals surface area contributed by atoms with Crippen LogP contribution < -0.4 is 10.1 Å². The normalized spacial score (nSPS) is 12.4. The number of hydrogen-bond acceptors (Lipinski definition) is 5.